The molecule has 1 aromatic rings. The van der Waals surface area contributed by atoms with Crippen LogP contribution in [0.1, 0.15) is 24.8 Å². The van der Waals surface area contributed by atoms with E-state index >= 15 is 0 Å². The van der Waals surface area contributed by atoms with E-state index in [0.717, 1.165) is 24.3 Å². The van der Waals surface area contributed by atoms with Gasteiger partial charge in [0.05, 0.1) is 0 Å². The molecule has 0 radical (unpaired) electrons. The summed E-state index contributed by atoms with van der Waals surface area (Å²) in [5.74, 6) is 1.96. The fourth-order valence-corrected chi connectivity index (χ4v) is 3.16. The van der Waals surface area contributed by atoms with Crippen LogP contribution in [0.2, 0.25) is 0 Å². The second-order valence-corrected chi connectivity index (χ2v) is 5.06. The number of hydrogen-bond donors (Lipinski definition) is 1. The average Bonchev–Trinajstić information content (AvgIpc) is 2.91. The van der Waals surface area contributed by atoms with Crippen LogP contribution in [-0.4, -0.2) is 29.5 Å². The molecule has 2 bridgehead atoms. The summed E-state index contributed by atoms with van der Waals surface area (Å²) >= 11 is 0. The zero-order valence-corrected chi connectivity index (χ0v) is 9.82. The van der Waals surface area contributed by atoms with Crippen molar-refractivity contribution in [3.05, 3.63) is 23.9 Å². The van der Waals surface area contributed by atoms with Crippen molar-refractivity contribution >= 4 is 5.82 Å². The molecule has 1 aliphatic carbocycles. The SMILES string of the molecule is CNc1cc(CN2CC3CCC2C3)ccn1. The number of fused-ring (bicyclic) bond motifs is 2. The molecular weight excluding hydrogens is 198 g/mol. The van der Waals surface area contributed by atoms with Gasteiger partial charge in [-0.3, -0.25) is 4.90 Å². The minimum atomic E-state index is 0.858. The van der Waals surface area contributed by atoms with Crippen LogP contribution in [0.15, 0.2) is 18.3 Å². The summed E-state index contributed by atoms with van der Waals surface area (Å²) in [6.07, 6.45) is 6.20. The molecule has 2 unspecified atom stereocenters. The summed E-state index contributed by atoms with van der Waals surface area (Å²) in [5.41, 5.74) is 1.38. The summed E-state index contributed by atoms with van der Waals surface area (Å²) < 4.78 is 0. The van der Waals surface area contributed by atoms with Crippen molar-refractivity contribution in [2.24, 2.45) is 5.92 Å². The Morgan fingerprint density at radius 1 is 1.50 bits per heavy atom. The minimum Gasteiger partial charge on any atom is -0.373 e. The molecule has 2 aliphatic rings. The smallest absolute Gasteiger partial charge is 0.125 e. The van der Waals surface area contributed by atoms with Crippen molar-refractivity contribution < 1.29 is 0 Å². The summed E-state index contributed by atoms with van der Waals surface area (Å²) in [6, 6.07) is 5.15. The first-order valence-electron chi connectivity index (χ1n) is 6.22. The van der Waals surface area contributed by atoms with E-state index in [9.17, 15) is 0 Å². The fraction of sp³-hybridized carbons (Fsp3) is 0.615. The largest absolute Gasteiger partial charge is 0.373 e. The van der Waals surface area contributed by atoms with E-state index in [4.69, 9.17) is 0 Å². The first-order valence-corrected chi connectivity index (χ1v) is 6.22. The second kappa shape index (κ2) is 4.06. The lowest BCUT2D eigenvalue weighted by Crippen LogP contribution is -2.31. The molecule has 0 spiro atoms. The first kappa shape index (κ1) is 10.1. The Kier molecular flexibility index (Phi) is 2.56. The Morgan fingerprint density at radius 2 is 2.44 bits per heavy atom. The highest BCUT2D eigenvalue weighted by Crippen LogP contribution is 2.38. The van der Waals surface area contributed by atoms with Gasteiger partial charge in [0.1, 0.15) is 5.82 Å². The zero-order chi connectivity index (χ0) is 11.0. The van der Waals surface area contributed by atoms with E-state index in [1.54, 1.807) is 0 Å². The van der Waals surface area contributed by atoms with Crippen molar-refractivity contribution in [1.82, 2.24) is 9.88 Å². The van der Waals surface area contributed by atoms with Gasteiger partial charge in [-0.05, 0) is 42.9 Å². The second-order valence-electron chi connectivity index (χ2n) is 5.06. The molecule has 1 saturated heterocycles. The van der Waals surface area contributed by atoms with Crippen LogP contribution >= 0.6 is 0 Å². The van der Waals surface area contributed by atoms with Gasteiger partial charge >= 0.3 is 0 Å². The number of rotatable bonds is 3. The monoisotopic (exact) mass is 217 g/mol. The molecule has 2 heterocycles. The van der Waals surface area contributed by atoms with Gasteiger partial charge < -0.3 is 5.32 Å². The molecule has 3 nitrogen and oxygen atoms in total. The van der Waals surface area contributed by atoms with E-state index < -0.39 is 0 Å². The highest BCUT2D eigenvalue weighted by Gasteiger charge is 2.37. The molecule has 86 valence electrons. The summed E-state index contributed by atoms with van der Waals surface area (Å²) in [5, 5.41) is 3.10. The molecule has 2 atom stereocenters. The molecule has 3 rings (SSSR count). The van der Waals surface area contributed by atoms with E-state index in [0.29, 0.717) is 0 Å². The Balaban J connectivity index is 1.69. The summed E-state index contributed by atoms with van der Waals surface area (Å²) in [4.78, 5) is 6.89. The summed E-state index contributed by atoms with van der Waals surface area (Å²) in [6.45, 7) is 2.40. The van der Waals surface area contributed by atoms with Crippen molar-refractivity contribution in [1.29, 1.82) is 0 Å². The van der Waals surface area contributed by atoms with E-state index in [1.807, 2.05) is 13.2 Å². The van der Waals surface area contributed by atoms with Crippen LogP contribution in [0.3, 0.4) is 0 Å². The lowest BCUT2D eigenvalue weighted by atomic mass is 10.1. The van der Waals surface area contributed by atoms with E-state index in [2.05, 4.69) is 27.3 Å². The van der Waals surface area contributed by atoms with Crippen LogP contribution in [0.4, 0.5) is 5.82 Å². The third-order valence-electron chi connectivity index (χ3n) is 3.99. The number of anilines is 1. The average molecular weight is 217 g/mol. The molecule has 2 fully saturated rings. The molecule has 16 heavy (non-hydrogen) atoms. The van der Waals surface area contributed by atoms with Crippen LogP contribution in [0, 0.1) is 5.92 Å². The maximum Gasteiger partial charge on any atom is 0.125 e. The van der Waals surface area contributed by atoms with Crippen molar-refractivity contribution in [2.45, 2.75) is 31.8 Å². The van der Waals surface area contributed by atoms with Crippen LogP contribution in [0.25, 0.3) is 0 Å². The van der Waals surface area contributed by atoms with Gasteiger partial charge in [0.25, 0.3) is 0 Å². The molecule has 3 heteroatoms. The quantitative estimate of drug-likeness (QED) is 0.840. The van der Waals surface area contributed by atoms with Gasteiger partial charge in [-0.2, -0.15) is 0 Å². The molecule has 1 saturated carbocycles. The number of piperidine rings is 1. The standard InChI is InChI=1S/C13H19N3/c1-14-13-7-11(4-5-15-13)9-16-8-10-2-3-12(16)6-10/h4-5,7,10,12H,2-3,6,8-9H2,1H3,(H,14,15). The third kappa shape index (κ3) is 1.80. The van der Waals surface area contributed by atoms with E-state index in [-0.39, 0.29) is 0 Å². The topological polar surface area (TPSA) is 28.2 Å². The number of likely N-dealkylation sites (tertiary alicyclic amines) is 1. The third-order valence-corrected chi connectivity index (χ3v) is 3.99. The van der Waals surface area contributed by atoms with E-state index in [1.165, 1.54) is 31.4 Å². The van der Waals surface area contributed by atoms with Crippen molar-refractivity contribution in [3.63, 3.8) is 0 Å². The number of nitrogens with one attached hydrogen (secondary N) is 1. The molecule has 1 aromatic heterocycles. The summed E-state index contributed by atoms with van der Waals surface area (Å²) in [7, 11) is 1.92. The highest BCUT2D eigenvalue weighted by molar-refractivity contribution is 5.36. The first-order chi connectivity index (χ1) is 7.85. The van der Waals surface area contributed by atoms with Gasteiger partial charge in [0.15, 0.2) is 0 Å². The Bertz CT molecular complexity index is 377. The Hall–Kier alpha value is -1.09. The molecule has 0 amide bonds. The molecule has 1 N–H and O–H groups in total. The highest BCUT2D eigenvalue weighted by atomic mass is 15.2. The van der Waals surface area contributed by atoms with Gasteiger partial charge in [0.2, 0.25) is 0 Å². The maximum absolute atomic E-state index is 4.25. The predicted molar refractivity (Wildman–Crippen MR) is 65.3 cm³/mol. The number of nitrogens with zero attached hydrogens (tertiary/aromatic N) is 2. The molecule has 0 aromatic carbocycles. The van der Waals surface area contributed by atoms with Crippen LogP contribution < -0.4 is 5.32 Å². The van der Waals surface area contributed by atoms with Crippen molar-refractivity contribution in [2.75, 3.05) is 18.9 Å². The Labute approximate surface area is 96.9 Å². The lowest BCUT2D eigenvalue weighted by Gasteiger charge is -2.26. The normalized spacial score (nSPS) is 28.6. The number of pyridine rings is 1. The number of hydrogen-bond acceptors (Lipinski definition) is 3. The number of aromatic nitrogens is 1. The maximum atomic E-state index is 4.25. The van der Waals surface area contributed by atoms with Crippen LogP contribution in [0.5, 0.6) is 0 Å². The van der Waals surface area contributed by atoms with Gasteiger partial charge in [-0.1, -0.05) is 0 Å². The van der Waals surface area contributed by atoms with Gasteiger partial charge in [-0.25, -0.2) is 4.98 Å². The molecule has 1 aliphatic heterocycles. The van der Waals surface area contributed by atoms with Crippen molar-refractivity contribution in [3.8, 4) is 0 Å². The fourth-order valence-electron chi connectivity index (χ4n) is 3.16. The minimum absolute atomic E-state index is 0.858. The Morgan fingerprint density at radius 3 is 3.12 bits per heavy atom. The lowest BCUT2D eigenvalue weighted by molar-refractivity contribution is 0.205. The zero-order valence-electron chi connectivity index (χ0n) is 9.82. The van der Waals surface area contributed by atoms with Gasteiger partial charge in [-0.15, -0.1) is 0 Å². The van der Waals surface area contributed by atoms with Crippen LogP contribution in [-0.2, 0) is 6.54 Å². The predicted octanol–water partition coefficient (Wildman–Crippen LogP) is 2.11. The molecular formula is C13H19N3. The van der Waals surface area contributed by atoms with Gasteiger partial charge in [0, 0.05) is 32.4 Å².